The molecule has 0 aliphatic rings. The van der Waals surface area contributed by atoms with Crippen LogP contribution in [0.25, 0.3) is 11.0 Å². The van der Waals surface area contributed by atoms with E-state index in [1.54, 1.807) is 0 Å². The van der Waals surface area contributed by atoms with Gasteiger partial charge in [0, 0.05) is 7.05 Å². The number of hydrogen-bond acceptors (Lipinski definition) is 2. The van der Waals surface area contributed by atoms with Crippen LogP contribution in [0.3, 0.4) is 0 Å². The fourth-order valence-corrected chi connectivity index (χ4v) is 1.68. The molecule has 14 heavy (non-hydrogen) atoms. The molecule has 0 atom stereocenters. The number of hydrogen-bond donors (Lipinski definition) is 0. The normalized spacial score (nSPS) is 10.7. The van der Waals surface area contributed by atoms with E-state index < -0.39 is 0 Å². The van der Waals surface area contributed by atoms with Crippen molar-refractivity contribution in [3.8, 4) is 0 Å². The molecule has 0 radical (unpaired) electrons. The summed E-state index contributed by atoms with van der Waals surface area (Å²) < 4.78 is 1.82. The van der Waals surface area contributed by atoms with Crippen LogP contribution in [-0.2, 0) is 13.5 Å². The van der Waals surface area contributed by atoms with Crippen molar-refractivity contribution < 1.29 is 4.79 Å². The highest BCUT2D eigenvalue weighted by Gasteiger charge is 2.08. The number of carbonyl (C=O) groups excluding carboxylic acids is 1. The molecule has 0 amide bonds. The molecule has 0 N–H and O–H groups in total. The van der Waals surface area contributed by atoms with E-state index in [0.717, 1.165) is 23.7 Å². The highest BCUT2D eigenvalue weighted by molar-refractivity contribution is 5.85. The lowest BCUT2D eigenvalue weighted by atomic mass is 10.1. The van der Waals surface area contributed by atoms with Gasteiger partial charge in [-0.2, -0.15) is 0 Å². The summed E-state index contributed by atoms with van der Waals surface area (Å²) in [7, 11) is 1.86. The van der Waals surface area contributed by atoms with Crippen molar-refractivity contribution in [3.05, 3.63) is 29.6 Å². The van der Waals surface area contributed by atoms with Crippen molar-refractivity contribution in [1.29, 1.82) is 0 Å². The maximum atomic E-state index is 10.7. The molecule has 1 aromatic carbocycles. The maximum Gasteiger partial charge on any atom is 0.185 e. The zero-order valence-electron chi connectivity index (χ0n) is 8.32. The zero-order chi connectivity index (χ0) is 10.1. The molecule has 1 heterocycles. The van der Waals surface area contributed by atoms with E-state index in [0.29, 0.717) is 5.82 Å². The number of para-hydroxylation sites is 1. The summed E-state index contributed by atoms with van der Waals surface area (Å²) in [6.07, 6.45) is 1.73. The SMILES string of the molecule is CCc1cccc2c1nc(C=O)n2C. The molecule has 2 rings (SSSR count). The second-order valence-electron chi connectivity index (χ2n) is 3.29. The highest BCUT2D eigenvalue weighted by atomic mass is 16.1. The third kappa shape index (κ3) is 1.13. The van der Waals surface area contributed by atoms with Crippen LogP contribution in [0.2, 0.25) is 0 Å². The van der Waals surface area contributed by atoms with Crippen LogP contribution >= 0.6 is 0 Å². The highest BCUT2D eigenvalue weighted by Crippen LogP contribution is 2.18. The van der Waals surface area contributed by atoms with E-state index >= 15 is 0 Å². The molecule has 0 spiro atoms. The third-order valence-corrected chi connectivity index (χ3v) is 2.52. The van der Waals surface area contributed by atoms with Gasteiger partial charge in [-0.25, -0.2) is 4.98 Å². The number of aldehydes is 1. The summed E-state index contributed by atoms with van der Waals surface area (Å²) in [4.78, 5) is 15.0. The molecule has 0 unspecified atom stereocenters. The van der Waals surface area contributed by atoms with E-state index in [4.69, 9.17) is 0 Å². The van der Waals surface area contributed by atoms with Crippen molar-refractivity contribution >= 4 is 17.3 Å². The first kappa shape index (κ1) is 8.94. The van der Waals surface area contributed by atoms with Crippen molar-refractivity contribution in [1.82, 2.24) is 9.55 Å². The standard InChI is InChI=1S/C11H12N2O/c1-3-8-5-4-6-9-11(8)12-10(7-14)13(9)2/h4-7H,3H2,1-2H3. The van der Waals surface area contributed by atoms with Crippen LogP contribution in [0, 0.1) is 0 Å². The van der Waals surface area contributed by atoms with Gasteiger partial charge < -0.3 is 4.57 Å². The topological polar surface area (TPSA) is 34.9 Å². The van der Waals surface area contributed by atoms with Gasteiger partial charge in [-0.15, -0.1) is 0 Å². The monoisotopic (exact) mass is 188 g/mol. The zero-order valence-corrected chi connectivity index (χ0v) is 8.32. The minimum absolute atomic E-state index is 0.487. The third-order valence-electron chi connectivity index (χ3n) is 2.52. The predicted molar refractivity (Wildman–Crippen MR) is 55.5 cm³/mol. The van der Waals surface area contributed by atoms with Gasteiger partial charge in [0.25, 0.3) is 0 Å². The minimum atomic E-state index is 0.487. The number of aromatic nitrogens is 2. The quantitative estimate of drug-likeness (QED) is 0.675. The maximum absolute atomic E-state index is 10.7. The molecule has 3 nitrogen and oxygen atoms in total. The predicted octanol–water partition coefficient (Wildman–Crippen LogP) is 1.95. The molecule has 72 valence electrons. The minimum Gasteiger partial charge on any atom is -0.325 e. The van der Waals surface area contributed by atoms with Crippen LogP contribution in [0.1, 0.15) is 23.1 Å². The van der Waals surface area contributed by atoms with E-state index in [-0.39, 0.29) is 0 Å². The number of benzene rings is 1. The first-order chi connectivity index (χ1) is 6.77. The van der Waals surface area contributed by atoms with Crippen LogP contribution in [0.15, 0.2) is 18.2 Å². The average molecular weight is 188 g/mol. The molecule has 0 bridgehead atoms. The van der Waals surface area contributed by atoms with E-state index in [9.17, 15) is 4.79 Å². The van der Waals surface area contributed by atoms with Gasteiger partial charge in [-0.05, 0) is 18.1 Å². The molecular formula is C11H12N2O. The van der Waals surface area contributed by atoms with Crippen LogP contribution in [0.5, 0.6) is 0 Å². The van der Waals surface area contributed by atoms with Crippen LogP contribution < -0.4 is 0 Å². The Labute approximate surface area is 82.4 Å². The summed E-state index contributed by atoms with van der Waals surface area (Å²) in [6.45, 7) is 2.09. The molecular weight excluding hydrogens is 176 g/mol. The number of aryl methyl sites for hydroxylation is 2. The summed E-state index contributed by atoms with van der Waals surface area (Å²) in [5.74, 6) is 0.487. The number of nitrogens with zero attached hydrogens (tertiary/aromatic N) is 2. The Morgan fingerprint density at radius 2 is 2.29 bits per heavy atom. The first-order valence-corrected chi connectivity index (χ1v) is 4.67. The number of rotatable bonds is 2. The molecule has 0 saturated carbocycles. The van der Waals surface area contributed by atoms with Gasteiger partial charge in [0.1, 0.15) is 0 Å². The summed E-state index contributed by atoms with van der Waals surface area (Å²) in [6, 6.07) is 6.02. The Kier molecular flexibility index (Phi) is 2.08. The first-order valence-electron chi connectivity index (χ1n) is 4.67. The Bertz CT molecular complexity index is 485. The van der Waals surface area contributed by atoms with Gasteiger partial charge in [-0.1, -0.05) is 19.1 Å². The Balaban J connectivity index is 2.83. The number of carbonyl (C=O) groups is 1. The Morgan fingerprint density at radius 3 is 2.93 bits per heavy atom. The molecule has 3 heteroatoms. The van der Waals surface area contributed by atoms with Crippen molar-refractivity contribution in [3.63, 3.8) is 0 Å². The van der Waals surface area contributed by atoms with Gasteiger partial charge in [0.15, 0.2) is 12.1 Å². The van der Waals surface area contributed by atoms with Crippen LogP contribution in [-0.4, -0.2) is 15.8 Å². The largest absolute Gasteiger partial charge is 0.325 e. The summed E-state index contributed by atoms with van der Waals surface area (Å²) in [5.41, 5.74) is 3.15. The van der Waals surface area contributed by atoms with Crippen molar-refractivity contribution in [2.24, 2.45) is 7.05 Å². The van der Waals surface area contributed by atoms with E-state index in [1.165, 1.54) is 5.56 Å². The lowest BCUT2D eigenvalue weighted by Crippen LogP contribution is -1.94. The summed E-state index contributed by atoms with van der Waals surface area (Å²) in [5, 5.41) is 0. The molecule has 0 aliphatic carbocycles. The van der Waals surface area contributed by atoms with Crippen molar-refractivity contribution in [2.75, 3.05) is 0 Å². The van der Waals surface area contributed by atoms with Gasteiger partial charge >= 0.3 is 0 Å². The number of imidazole rings is 1. The van der Waals surface area contributed by atoms with Crippen LogP contribution in [0.4, 0.5) is 0 Å². The smallest absolute Gasteiger partial charge is 0.185 e. The van der Waals surface area contributed by atoms with E-state index in [1.807, 2.05) is 29.8 Å². The lowest BCUT2D eigenvalue weighted by Gasteiger charge is -1.98. The number of fused-ring (bicyclic) bond motifs is 1. The lowest BCUT2D eigenvalue weighted by molar-refractivity contribution is 0.111. The molecule has 0 fully saturated rings. The van der Waals surface area contributed by atoms with Crippen molar-refractivity contribution in [2.45, 2.75) is 13.3 Å². The average Bonchev–Trinajstić information content (AvgIpc) is 2.55. The summed E-state index contributed by atoms with van der Waals surface area (Å²) >= 11 is 0. The molecule has 0 aliphatic heterocycles. The Morgan fingerprint density at radius 1 is 1.50 bits per heavy atom. The second-order valence-corrected chi connectivity index (χ2v) is 3.29. The molecule has 0 saturated heterocycles. The molecule has 2 aromatic rings. The van der Waals surface area contributed by atoms with E-state index in [2.05, 4.69) is 11.9 Å². The molecule has 1 aromatic heterocycles. The van der Waals surface area contributed by atoms with Gasteiger partial charge in [0.2, 0.25) is 0 Å². The Hall–Kier alpha value is -1.64. The fourth-order valence-electron chi connectivity index (χ4n) is 1.68. The fraction of sp³-hybridized carbons (Fsp3) is 0.273. The van der Waals surface area contributed by atoms with Gasteiger partial charge in [0.05, 0.1) is 11.0 Å². The van der Waals surface area contributed by atoms with Gasteiger partial charge in [-0.3, -0.25) is 4.79 Å². The second kappa shape index (κ2) is 3.25.